The van der Waals surface area contributed by atoms with Crippen molar-refractivity contribution >= 4 is 0 Å². The topological polar surface area (TPSA) is 21.3 Å². The molecule has 0 unspecified atom stereocenters. The summed E-state index contributed by atoms with van der Waals surface area (Å²) in [5, 5.41) is 3.44. The molecule has 1 aliphatic heterocycles. The van der Waals surface area contributed by atoms with Gasteiger partial charge in [0.05, 0.1) is 6.61 Å². The average Bonchev–Trinajstić information content (AvgIpc) is 2.50. The van der Waals surface area contributed by atoms with Gasteiger partial charge < -0.3 is 10.1 Å². The van der Waals surface area contributed by atoms with Gasteiger partial charge in [-0.25, -0.2) is 0 Å². The second kappa shape index (κ2) is 9.02. The number of aryl methyl sites for hydroxylation is 1. The fourth-order valence-corrected chi connectivity index (χ4v) is 3.03. The van der Waals surface area contributed by atoms with Crippen molar-refractivity contribution in [3.63, 3.8) is 0 Å². The Morgan fingerprint density at radius 2 is 1.80 bits per heavy atom. The Hall–Kier alpha value is -1.02. The summed E-state index contributed by atoms with van der Waals surface area (Å²) < 4.78 is 5.47. The lowest BCUT2D eigenvalue weighted by molar-refractivity contribution is 0.340. The minimum Gasteiger partial charge on any atom is -0.494 e. The predicted molar refractivity (Wildman–Crippen MR) is 85.4 cm³/mol. The highest BCUT2D eigenvalue weighted by atomic mass is 16.5. The molecule has 0 radical (unpaired) electrons. The molecule has 0 bridgehead atoms. The summed E-state index contributed by atoms with van der Waals surface area (Å²) in [6, 6.07) is 8.59. The van der Waals surface area contributed by atoms with E-state index in [1.54, 1.807) is 0 Å². The van der Waals surface area contributed by atoms with Gasteiger partial charge in [0.1, 0.15) is 5.75 Å². The molecule has 1 saturated heterocycles. The van der Waals surface area contributed by atoms with Crippen molar-refractivity contribution in [2.75, 3.05) is 19.7 Å². The minimum absolute atomic E-state index is 0.746. The maximum Gasteiger partial charge on any atom is 0.119 e. The molecule has 0 aromatic heterocycles. The first-order chi connectivity index (χ1) is 9.88. The van der Waals surface area contributed by atoms with Gasteiger partial charge in [-0.2, -0.15) is 0 Å². The lowest BCUT2D eigenvalue weighted by atomic mass is 9.92. The molecule has 2 nitrogen and oxygen atoms in total. The van der Waals surface area contributed by atoms with Crippen LogP contribution in [-0.4, -0.2) is 19.7 Å². The summed E-state index contributed by atoms with van der Waals surface area (Å²) in [4.78, 5) is 0. The number of nitrogens with one attached hydrogen (secondary N) is 1. The van der Waals surface area contributed by atoms with Gasteiger partial charge in [-0.15, -0.1) is 0 Å². The second-order valence-electron chi connectivity index (χ2n) is 5.87. The SMILES string of the molecule is CCOc1ccc(CCCCCC2CCNCC2)cc1. The summed E-state index contributed by atoms with van der Waals surface area (Å²) in [5.41, 5.74) is 1.44. The summed E-state index contributed by atoms with van der Waals surface area (Å²) in [5.74, 6) is 1.98. The van der Waals surface area contributed by atoms with Crippen LogP contribution in [0.15, 0.2) is 24.3 Å². The Morgan fingerprint density at radius 1 is 1.05 bits per heavy atom. The number of hydrogen-bond donors (Lipinski definition) is 1. The van der Waals surface area contributed by atoms with E-state index in [9.17, 15) is 0 Å². The number of benzene rings is 1. The van der Waals surface area contributed by atoms with E-state index in [2.05, 4.69) is 29.6 Å². The van der Waals surface area contributed by atoms with Crippen molar-refractivity contribution < 1.29 is 4.74 Å². The van der Waals surface area contributed by atoms with Crippen molar-refractivity contribution in [2.24, 2.45) is 5.92 Å². The standard InChI is InChI=1S/C18H29NO/c1-2-20-18-10-8-16(9-11-18)6-4-3-5-7-17-12-14-19-15-13-17/h8-11,17,19H,2-7,12-15H2,1H3. The van der Waals surface area contributed by atoms with E-state index < -0.39 is 0 Å². The van der Waals surface area contributed by atoms with E-state index in [1.165, 1.54) is 63.6 Å². The predicted octanol–water partition coefficient (Wildman–Crippen LogP) is 4.19. The first kappa shape index (κ1) is 15.4. The van der Waals surface area contributed by atoms with Crippen molar-refractivity contribution in [1.82, 2.24) is 5.32 Å². The lowest BCUT2D eigenvalue weighted by Crippen LogP contribution is -2.27. The highest BCUT2D eigenvalue weighted by Gasteiger charge is 2.11. The van der Waals surface area contributed by atoms with Crippen LogP contribution in [0.1, 0.15) is 51.0 Å². The normalized spacial score (nSPS) is 16.2. The molecule has 2 rings (SSSR count). The highest BCUT2D eigenvalue weighted by Crippen LogP contribution is 2.20. The third-order valence-electron chi connectivity index (χ3n) is 4.27. The summed E-state index contributed by atoms with van der Waals surface area (Å²) in [6.07, 6.45) is 9.51. The molecule has 0 spiro atoms. The highest BCUT2D eigenvalue weighted by molar-refractivity contribution is 5.27. The van der Waals surface area contributed by atoms with E-state index in [0.29, 0.717) is 0 Å². The van der Waals surface area contributed by atoms with Crippen LogP contribution in [0.3, 0.4) is 0 Å². The Labute approximate surface area is 123 Å². The molecule has 1 heterocycles. The van der Waals surface area contributed by atoms with Crippen molar-refractivity contribution in [2.45, 2.75) is 51.9 Å². The van der Waals surface area contributed by atoms with Crippen LogP contribution >= 0.6 is 0 Å². The first-order valence-electron chi connectivity index (χ1n) is 8.31. The number of unbranched alkanes of at least 4 members (excludes halogenated alkanes) is 2. The van der Waals surface area contributed by atoms with Gasteiger partial charge in [-0.1, -0.05) is 31.4 Å². The monoisotopic (exact) mass is 275 g/mol. The molecule has 1 aromatic rings. The van der Waals surface area contributed by atoms with Gasteiger partial charge in [-0.3, -0.25) is 0 Å². The smallest absolute Gasteiger partial charge is 0.119 e. The number of piperidine rings is 1. The molecule has 0 aliphatic carbocycles. The molecule has 112 valence electrons. The molecule has 1 fully saturated rings. The van der Waals surface area contributed by atoms with Crippen LogP contribution in [0.5, 0.6) is 5.75 Å². The largest absolute Gasteiger partial charge is 0.494 e. The fourth-order valence-electron chi connectivity index (χ4n) is 3.03. The quantitative estimate of drug-likeness (QED) is 0.718. The minimum atomic E-state index is 0.746. The molecule has 1 aliphatic rings. The zero-order valence-electron chi connectivity index (χ0n) is 12.9. The summed E-state index contributed by atoms with van der Waals surface area (Å²) >= 11 is 0. The van der Waals surface area contributed by atoms with Gasteiger partial charge >= 0.3 is 0 Å². The van der Waals surface area contributed by atoms with Crippen molar-refractivity contribution in [1.29, 1.82) is 0 Å². The summed E-state index contributed by atoms with van der Waals surface area (Å²) in [7, 11) is 0. The van der Waals surface area contributed by atoms with Crippen LogP contribution in [0.25, 0.3) is 0 Å². The molecular weight excluding hydrogens is 246 g/mol. The van der Waals surface area contributed by atoms with E-state index >= 15 is 0 Å². The molecule has 0 saturated carbocycles. The second-order valence-corrected chi connectivity index (χ2v) is 5.87. The molecule has 1 N–H and O–H groups in total. The average molecular weight is 275 g/mol. The van der Waals surface area contributed by atoms with Gasteiger partial charge in [0.2, 0.25) is 0 Å². The van der Waals surface area contributed by atoms with Crippen LogP contribution in [0.2, 0.25) is 0 Å². The third-order valence-corrected chi connectivity index (χ3v) is 4.27. The van der Waals surface area contributed by atoms with Crippen molar-refractivity contribution in [3.8, 4) is 5.75 Å². The molecule has 1 aromatic carbocycles. The molecule has 0 amide bonds. The van der Waals surface area contributed by atoms with Crippen LogP contribution in [0.4, 0.5) is 0 Å². The maximum absolute atomic E-state index is 5.47. The Balaban J connectivity index is 1.56. The van der Waals surface area contributed by atoms with Gasteiger partial charge in [0.25, 0.3) is 0 Å². The summed E-state index contributed by atoms with van der Waals surface area (Å²) in [6.45, 7) is 5.24. The molecule has 20 heavy (non-hydrogen) atoms. The van der Waals surface area contributed by atoms with Crippen LogP contribution in [-0.2, 0) is 6.42 Å². The maximum atomic E-state index is 5.47. The zero-order valence-corrected chi connectivity index (χ0v) is 12.9. The molecule has 0 atom stereocenters. The number of hydrogen-bond acceptors (Lipinski definition) is 2. The Morgan fingerprint density at radius 3 is 2.50 bits per heavy atom. The molecule has 2 heteroatoms. The van der Waals surface area contributed by atoms with Gasteiger partial charge in [0, 0.05) is 0 Å². The first-order valence-corrected chi connectivity index (χ1v) is 8.31. The van der Waals surface area contributed by atoms with Gasteiger partial charge in [-0.05, 0) is 69.3 Å². The van der Waals surface area contributed by atoms with E-state index in [1.807, 2.05) is 6.92 Å². The Bertz CT molecular complexity index is 354. The van der Waals surface area contributed by atoms with Crippen LogP contribution < -0.4 is 10.1 Å². The Kier molecular flexibility index (Phi) is 6.93. The van der Waals surface area contributed by atoms with Crippen LogP contribution in [0, 0.1) is 5.92 Å². The van der Waals surface area contributed by atoms with E-state index in [-0.39, 0.29) is 0 Å². The van der Waals surface area contributed by atoms with Crippen molar-refractivity contribution in [3.05, 3.63) is 29.8 Å². The van der Waals surface area contributed by atoms with Gasteiger partial charge in [0.15, 0.2) is 0 Å². The third kappa shape index (κ3) is 5.54. The fraction of sp³-hybridized carbons (Fsp3) is 0.667. The molecular formula is C18H29NO. The number of rotatable bonds is 8. The number of ether oxygens (including phenoxy) is 1. The van der Waals surface area contributed by atoms with E-state index in [4.69, 9.17) is 4.74 Å². The zero-order chi connectivity index (χ0) is 14.0. The lowest BCUT2D eigenvalue weighted by Gasteiger charge is -2.22. The van der Waals surface area contributed by atoms with E-state index in [0.717, 1.165) is 18.3 Å².